The van der Waals surface area contributed by atoms with Crippen molar-refractivity contribution in [1.82, 2.24) is 20.0 Å². The van der Waals surface area contributed by atoms with Crippen LogP contribution in [0.4, 0.5) is 0 Å². The predicted octanol–water partition coefficient (Wildman–Crippen LogP) is 2.15. The number of aliphatic hydroxyl groups excluding tert-OH is 1. The summed E-state index contributed by atoms with van der Waals surface area (Å²) in [4.78, 5) is 2.35. The van der Waals surface area contributed by atoms with E-state index in [-0.39, 0.29) is 18.2 Å². The third kappa shape index (κ3) is 4.69. The molecule has 3 unspecified atom stereocenters. The van der Waals surface area contributed by atoms with Crippen LogP contribution in [0.5, 0.6) is 0 Å². The van der Waals surface area contributed by atoms with Crippen LogP contribution in [0.15, 0.2) is 36.7 Å². The van der Waals surface area contributed by atoms with E-state index in [0.717, 1.165) is 19.5 Å². The highest BCUT2D eigenvalue weighted by atomic mass is 16.3. The molecule has 25 heavy (non-hydrogen) atoms. The van der Waals surface area contributed by atoms with Crippen molar-refractivity contribution < 1.29 is 5.11 Å². The molecule has 1 aliphatic rings. The van der Waals surface area contributed by atoms with Gasteiger partial charge in [-0.25, -0.2) is 0 Å². The number of nitrogens with one attached hydrogen (secondary N) is 1. The lowest BCUT2D eigenvalue weighted by Crippen LogP contribution is -2.44. The molecule has 0 spiro atoms. The molecule has 0 bridgehead atoms. The predicted molar refractivity (Wildman–Crippen MR) is 101 cm³/mol. The van der Waals surface area contributed by atoms with Crippen molar-refractivity contribution in [3.63, 3.8) is 0 Å². The highest BCUT2D eigenvalue weighted by Gasteiger charge is 2.20. The second-order valence-electron chi connectivity index (χ2n) is 7.34. The first-order valence-electron chi connectivity index (χ1n) is 9.24. The van der Waals surface area contributed by atoms with E-state index in [0.29, 0.717) is 13.1 Å². The Kier molecular flexibility index (Phi) is 5.89. The largest absolute Gasteiger partial charge is 0.390 e. The van der Waals surface area contributed by atoms with Gasteiger partial charge in [-0.15, -0.1) is 0 Å². The van der Waals surface area contributed by atoms with E-state index < -0.39 is 0 Å². The Labute approximate surface area is 150 Å². The monoisotopic (exact) mass is 342 g/mol. The van der Waals surface area contributed by atoms with E-state index in [1.54, 1.807) is 0 Å². The molecule has 0 fully saturated rings. The quantitative estimate of drug-likeness (QED) is 0.810. The van der Waals surface area contributed by atoms with Gasteiger partial charge in [-0.3, -0.25) is 9.58 Å². The van der Waals surface area contributed by atoms with Gasteiger partial charge in [0.1, 0.15) is 0 Å². The molecule has 5 nitrogen and oxygen atoms in total. The van der Waals surface area contributed by atoms with Gasteiger partial charge in [0, 0.05) is 38.4 Å². The molecule has 2 heterocycles. The van der Waals surface area contributed by atoms with E-state index in [4.69, 9.17) is 0 Å². The van der Waals surface area contributed by atoms with Crippen LogP contribution in [-0.2, 0) is 13.0 Å². The van der Waals surface area contributed by atoms with Crippen LogP contribution in [0.2, 0.25) is 0 Å². The maximum Gasteiger partial charge on any atom is 0.0791 e. The number of β-amino-alcohol motifs (C(OH)–C–C–N with tert-alkyl or cyclic N) is 1. The molecule has 136 valence electrons. The van der Waals surface area contributed by atoms with Crippen molar-refractivity contribution in [1.29, 1.82) is 0 Å². The molecule has 3 rings (SSSR count). The number of aliphatic hydroxyl groups is 1. The molecule has 0 saturated carbocycles. The van der Waals surface area contributed by atoms with Crippen LogP contribution in [0.1, 0.15) is 36.6 Å². The van der Waals surface area contributed by atoms with Crippen LogP contribution in [-0.4, -0.2) is 51.6 Å². The second kappa shape index (κ2) is 8.13. The smallest absolute Gasteiger partial charge is 0.0791 e. The summed E-state index contributed by atoms with van der Waals surface area (Å²) in [7, 11) is 0. The van der Waals surface area contributed by atoms with Crippen LogP contribution < -0.4 is 5.32 Å². The summed E-state index contributed by atoms with van der Waals surface area (Å²) in [6.45, 7) is 9.62. The van der Waals surface area contributed by atoms with Gasteiger partial charge in [0.2, 0.25) is 0 Å². The zero-order valence-corrected chi connectivity index (χ0v) is 15.5. The first kappa shape index (κ1) is 18.1. The Bertz CT molecular complexity index is 684. The van der Waals surface area contributed by atoms with Crippen LogP contribution >= 0.6 is 0 Å². The number of benzene rings is 1. The molecular formula is C20H30N4O. The highest BCUT2D eigenvalue weighted by Crippen LogP contribution is 2.18. The topological polar surface area (TPSA) is 53.3 Å². The van der Waals surface area contributed by atoms with Crippen LogP contribution in [0.25, 0.3) is 0 Å². The van der Waals surface area contributed by atoms with E-state index in [2.05, 4.69) is 66.5 Å². The number of rotatable bonds is 7. The SMILES string of the molecule is Cc1cnn(C(C)C(C)NCC(O)CN2CCc3ccccc3C2)c1. The minimum absolute atomic E-state index is 0.246. The number of hydrogen-bond acceptors (Lipinski definition) is 4. The maximum atomic E-state index is 10.4. The van der Waals surface area contributed by atoms with Crippen molar-refractivity contribution >= 4 is 0 Å². The molecule has 0 saturated heterocycles. The molecule has 0 aliphatic carbocycles. The summed E-state index contributed by atoms with van der Waals surface area (Å²) in [5, 5.41) is 18.3. The first-order chi connectivity index (χ1) is 12.0. The van der Waals surface area contributed by atoms with Gasteiger partial charge in [0.25, 0.3) is 0 Å². The van der Waals surface area contributed by atoms with Gasteiger partial charge >= 0.3 is 0 Å². The van der Waals surface area contributed by atoms with Crippen LogP contribution in [0, 0.1) is 6.92 Å². The number of aromatic nitrogens is 2. The first-order valence-corrected chi connectivity index (χ1v) is 9.24. The Morgan fingerprint density at radius 1 is 1.24 bits per heavy atom. The summed E-state index contributed by atoms with van der Waals surface area (Å²) < 4.78 is 1.99. The third-order valence-corrected chi connectivity index (χ3v) is 5.23. The third-order valence-electron chi connectivity index (χ3n) is 5.23. The summed E-state index contributed by atoms with van der Waals surface area (Å²) in [5.74, 6) is 0. The van der Waals surface area contributed by atoms with Crippen molar-refractivity contribution in [2.45, 2.75) is 51.9 Å². The number of nitrogens with zero attached hydrogens (tertiary/aromatic N) is 3. The fourth-order valence-electron chi connectivity index (χ4n) is 3.45. The van der Waals surface area contributed by atoms with Crippen molar-refractivity contribution in [2.75, 3.05) is 19.6 Å². The molecule has 1 aliphatic heterocycles. The Hall–Kier alpha value is -1.69. The summed E-state index contributed by atoms with van der Waals surface area (Å²) in [6.07, 6.45) is 4.65. The van der Waals surface area contributed by atoms with E-state index in [1.807, 2.05) is 10.9 Å². The zero-order chi connectivity index (χ0) is 17.8. The standard InChI is InChI=1S/C20H30N4O/c1-15-10-22-24(12-15)17(3)16(2)21-11-20(25)14-23-9-8-18-6-4-5-7-19(18)13-23/h4-7,10,12,16-17,20-21,25H,8-9,11,13-14H2,1-3H3. The Morgan fingerprint density at radius 3 is 2.72 bits per heavy atom. The van der Waals surface area contributed by atoms with E-state index >= 15 is 0 Å². The fraction of sp³-hybridized carbons (Fsp3) is 0.550. The highest BCUT2D eigenvalue weighted by molar-refractivity contribution is 5.29. The average Bonchev–Trinajstić information content (AvgIpc) is 3.05. The molecule has 2 N–H and O–H groups in total. The molecule has 0 amide bonds. The van der Waals surface area contributed by atoms with Gasteiger partial charge < -0.3 is 10.4 Å². The van der Waals surface area contributed by atoms with Gasteiger partial charge in [-0.2, -0.15) is 5.10 Å². The van der Waals surface area contributed by atoms with Gasteiger partial charge in [-0.05, 0) is 43.9 Å². The van der Waals surface area contributed by atoms with Crippen molar-refractivity contribution in [3.8, 4) is 0 Å². The summed E-state index contributed by atoms with van der Waals surface area (Å²) in [6, 6.07) is 9.11. The second-order valence-corrected chi connectivity index (χ2v) is 7.34. The van der Waals surface area contributed by atoms with E-state index in [9.17, 15) is 5.11 Å². The summed E-state index contributed by atoms with van der Waals surface area (Å²) in [5.41, 5.74) is 4.01. The lowest BCUT2D eigenvalue weighted by molar-refractivity contribution is 0.100. The lowest BCUT2D eigenvalue weighted by atomic mass is 10.00. The van der Waals surface area contributed by atoms with Gasteiger partial charge in [-0.1, -0.05) is 24.3 Å². The Balaban J connectivity index is 1.44. The van der Waals surface area contributed by atoms with Gasteiger partial charge in [0.05, 0.1) is 18.3 Å². The fourth-order valence-corrected chi connectivity index (χ4v) is 3.45. The molecule has 1 aromatic heterocycles. The number of fused-ring (bicyclic) bond motifs is 1. The van der Waals surface area contributed by atoms with Crippen LogP contribution in [0.3, 0.4) is 0 Å². The molecule has 3 atom stereocenters. The summed E-state index contributed by atoms with van der Waals surface area (Å²) >= 11 is 0. The molecule has 2 aromatic rings. The van der Waals surface area contributed by atoms with Crippen molar-refractivity contribution in [2.24, 2.45) is 0 Å². The molecule has 0 radical (unpaired) electrons. The van der Waals surface area contributed by atoms with Crippen molar-refractivity contribution in [3.05, 3.63) is 53.3 Å². The Morgan fingerprint density at radius 2 is 2.00 bits per heavy atom. The zero-order valence-electron chi connectivity index (χ0n) is 15.5. The maximum absolute atomic E-state index is 10.4. The molecule has 5 heteroatoms. The normalized spacial score (nSPS) is 18.6. The lowest BCUT2D eigenvalue weighted by Gasteiger charge is -2.31. The van der Waals surface area contributed by atoms with Gasteiger partial charge in [0.15, 0.2) is 0 Å². The molecule has 1 aromatic carbocycles. The number of aryl methyl sites for hydroxylation is 1. The minimum Gasteiger partial charge on any atom is -0.390 e. The molecular weight excluding hydrogens is 312 g/mol. The van der Waals surface area contributed by atoms with E-state index in [1.165, 1.54) is 16.7 Å². The average molecular weight is 342 g/mol. The number of hydrogen-bond donors (Lipinski definition) is 2. The minimum atomic E-state index is -0.362.